The van der Waals surface area contributed by atoms with Gasteiger partial charge in [0.1, 0.15) is 5.82 Å². The SMILES string of the molecule is CCCCN(C(=O)CSc1nnc(NCC)s1)c1c(N)n(Cc2ccccc2)c(=O)[nH]c1=O. The van der Waals surface area contributed by atoms with E-state index in [1.807, 2.05) is 44.2 Å². The number of hydrogen-bond donors (Lipinski definition) is 3. The fourth-order valence-electron chi connectivity index (χ4n) is 3.13. The Morgan fingerprint density at radius 1 is 1.24 bits per heavy atom. The van der Waals surface area contributed by atoms with Crippen LogP contribution in [0.1, 0.15) is 32.3 Å². The largest absolute Gasteiger partial charge is 0.383 e. The summed E-state index contributed by atoms with van der Waals surface area (Å²) in [6, 6.07) is 9.29. The Morgan fingerprint density at radius 2 is 2.00 bits per heavy atom. The predicted octanol–water partition coefficient (Wildman–Crippen LogP) is 2.38. The lowest BCUT2D eigenvalue weighted by Crippen LogP contribution is -2.42. The third kappa shape index (κ3) is 6.23. The Balaban J connectivity index is 1.88. The molecule has 0 aliphatic heterocycles. The number of hydrogen-bond acceptors (Lipinski definition) is 9. The van der Waals surface area contributed by atoms with Gasteiger partial charge < -0.3 is 16.0 Å². The van der Waals surface area contributed by atoms with E-state index in [9.17, 15) is 14.4 Å². The third-order valence-corrected chi connectivity index (χ3v) is 6.76. The van der Waals surface area contributed by atoms with E-state index in [0.29, 0.717) is 22.4 Å². The molecule has 0 spiro atoms. The smallest absolute Gasteiger partial charge is 0.330 e. The van der Waals surface area contributed by atoms with Crippen molar-refractivity contribution < 1.29 is 4.79 Å². The van der Waals surface area contributed by atoms with Crippen LogP contribution in [0, 0.1) is 0 Å². The maximum absolute atomic E-state index is 13.2. The monoisotopic (exact) mass is 489 g/mol. The van der Waals surface area contributed by atoms with Crippen molar-refractivity contribution in [3.05, 3.63) is 56.7 Å². The number of anilines is 3. The first-order valence-corrected chi connectivity index (χ1v) is 12.4. The topological polar surface area (TPSA) is 139 Å². The Hall–Kier alpha value is -3.12. The van der Waals surface area contributed by atoms with Crippen LogP contribution in [0.4, 0.5) is 16.6 Å². The molecule has 0 saturated carbocycles. The van der Waals surface area contributed by atoms with Crippen LogP contribution < -0.4 is 27.2 Å². The summed E-state index contributed by atoms with van der Waals surface area (Å²) < 4.78 is 1.92. The Morgan fingerprint density at radius 3 is 2.70 bits per heavy atom. The molecule has 0 aliphatic carbocycles. The van der Waals surface area contributed by atoms with E-state index in [0.717, 1.165) is 18.5 Å². The van der Waals surface area contributed by atoms with E-state index in [4.69, 9.17) is 5.73 Å². The molecule has 0 radical (unpaired) electrons. The Labute approximate surface area is 199 Å². The standard InChI is InChI=1S/C21H27N7O3S2/c1-3-5-11-27(15(29)13-32-21-26-25-19(33-21)23-4-2)16-17(22)28(20(31)24-18(16)30)12-14-9-7-6-8-10-14/h6-10H,3-5,11-13,22H2,1-2H3,(H,23,25)(H,24,30,31). The molecule has 0 saturated heterocycles. The van der Waals surface area contributed by atoms with E-state index in [-0.39, 0.29) is 29.7 Å². The number of carbonyl (C=O) groups is 1. The van der Waals surface area contributed by atoms with Crippen molar-refractivity contribution in [1.29, 1.82) is 0 Å². The number of nitrogens with one attached hydrogen (secondary N) is 2. The Bertz CT molecular complexity index is 1190. The highest BCUT2D eigenvalue weighted by Gasteiger charge is 2.24. The summed E-state index contributed by atoms with van der Waals surface area (Å²) in [7, 11) is 0. The van der Waals surface area contributed by atoms with E-state index in [2.05, 4.69) is 20.5 Å². The highest BCUT2D eigenvalue weighted by molar-refractivity contribution is 8.01. The molecule has 10 nitrogen and oxygen atoms in total. The summed E-state index contributed by atoms with van der Waals surface area (Å²) in [6.07, 6.45) is 1.50. The number of benzene rings is 1. The number of unbranched alkanes of at least 4 members (excludes halogenated alkanes) is 1. The zero-order chi connectivity index (χ0) is 23.8. The van der Waals surface area contributed by atoms with Crippen molar-refractivity contribution in [2.24, 2.45) is 0 Å². The van der Waals surface area contributed by atoms with Crippen molar-refractivity contribution in [2.45, 2.75) is 37.6 Å². The predicted molar refractivity (Wildman–Crippen MR) is 133 cm³/mol. The summed E-state index contributed by atoms with van der Waals surface area (Å²) in [5.74, 6) is -0.274. The van der Waals surface area contributed by atoms with Gasteiger partial charge >= 0.3 is 5.69 Å². The van der Waals surface area contributed by atoms with Crippen LogP contribution in [-0.2, 0) is 11.3 Å². The molecule has 0 unspecified atom stereocenters. The molecule has 1 amide bonds. The van der Waals surface area contributed by atoms with Gasteiger partial charge in [0.25, 0.3) is 5.56 Å². The van der Waals surface area contributed by atoms with Crippen LogP contribution in [0.5, 0.6) is 0 Å². The number of H-pyrrole nitrogens is 1. The fourth-order valence-corrected chi connectivity index (χ4v) is 4.83. The maximum atomic E-state index is 13.2. The second-order valence-corrected chi connectivity index (χ2v) is 9.36. The molecular formula is C21H27N7O3S2. The zero-order valence-electron chi connectivity index (χ0n) is 18.5. The lowest BCUT2D eigenvalue weighted by Gasteiger charge is -2.24. The molecule has 0 aliphatic rings. The van der Waals surface area contributed by atoms with Gasteiger partial charge in [-0.2, -0.15) is 0 Å². The van der Waals surface area contributed by atoms with E-state index in [1.165, 1.54) is 32.6 Å². The quantitative estimate of drug-likeness (QED) is 0.349. The second-order valence-electron chi connectivity index (χ2n) is 7.16. The highest BCUT2D eigenvalue weighted by Crippen LogP contribution is 2.27. The lowest BCUT2D eigenvalue weighted by molar-refractivity contribution is -0.116. The Kier molecular flexibility index (Phi) is 8.66. The molecule has 3 rings (SSSR count). The minimum Gasteiger partial charge on any atom is -0.383 e. The molecule has 4 N–H and O–H groups in total. The zero-order valence-corrected chi connectivity index (χ0v) is 20.2. The summed E-state index contributed by atoms with van der Waals surface area (Å²) in [6.45, 7) is 5.17. The van der Waals surface area contributed by atoms with Gasteiger partial charge in [-0.15, -0.1) is 10.2 Å². The van der Waals surface area contributed by atoms with Crippen LogP contribution >= 0.6 is 23.1 Å². The van der Waals surface area contributed by atoms with Crippen LogP contribution in [0.3, 0.4) is 0 Å². The molecule has 0 bridgehead atoms. The maximum Gasteiger partial charge on any atom is 0.330 e. The molecule has 3 aromatic rings. The van der Waals surface area contributed by atoms with E-state index in [1.54, 1.807) is 0 Å². The number of thioether (sulfide) groups is 1. The highest BCUT2D eigenvalue weighted by atomic mass is 32.2. The molecule has 0 atom stereocenters. The summed E-state index contributed by atoms with van der Waals surface area (Å²) in [5.41, 5.74) is 5.85. The molecular weight excluding hydrogens is 462 g/mol. The van der Waals surface area contributed by atoms with E-state index < -0.39 is 11.2 Å². The lowest BCUT2D eigenvalue weighted by atomic mass is 10.2. The first-order valence-electron chi connectivity index (χ1n) is 10.6. The molecule has 1 aromatic carbocycles. The summed E-state index contributed by atoms with van der Waals surface area (Å²) >= 11 is 2.60. The second kappa shape index (κ2) is 11.7. The average molecular weight is 490 g/mol. The van der Waals surface area contributed by atoms with Gasteiger partial charge in [0.05, 0.1) is 12.3 Å². The van der Waals surface area contributed by atoms with Gasteiger partial charge in [0, 0.05) is 13.1 Å². The molecule has 33 heavy (non-hydrogen) atoms. The normalized spacial score (nSPS) is 10.8. The van der Waals surface area contributed by atoms with E-state index >= 15 is 0 Å². The van der Waals surface area contributed by atoms with Gasteiger partial charge in [-0.3, -0.25) is 19.1 Å². The minimum absolute atomic E-state index is 0.00446. The van der Waals surface area contributed by atoms with Crippen molar-refractivity contribution in [3.63, 3.8) is 0 Å². The van der Waals surface area contributed by atoms with Crippen molar-refractivity contribution in [3.8, 4) is 0 Å². The van der Waals surface area contributed by atoms with Gasteiger partial charge in [-0.05, 0) is 18.9 Å². The molecule has 0 fully saturated rings. The average Bonchev–Trinajstić information content (AvgIpc) is 3.25. The van der Waals surface area contributed by atoms with Crippen molar-refractivity contribution >= 4 is 45.6 Å². The van der Waals surface area contributed by atoms with Crippen molar-refractivity contribution in [1.82, 2.24) is 19.7 Å². The number of nitrogens with two attached hydrogens (primary N) is 1. The number of nitrogen functional groups attached to an aromatic ring is 1. The molecule has 2 aromatic heterocycles. The molecule has 12 heteroatoms. The number of aromatic amines is 1. The first-order chi connectivity index (χ1) is 15.9. The third-order valence-electron chi connectivity index (χ3n) is 4.76. The summed E-state index contributed by atoms with van der Waals surface area (Å²) in [4.78, 5) is 42.1. The van der Waals surface area contributed by atoms with Crippen LogP contribution in [-0.4, -0.2) is 44.5 Å². The van der Waals surface area contributed by atoms with Crippen LogP contribution in [0.25, 0.3) is 0 Å². The fraction of sp³-hybridized carbons (Fsp3) is 0.381. The summed E-state index contributed by atoms with van der Waals surface area (Å²) in [5, 5.41) is 11.9. The minimum atomic E-state index is -0.679. The molecule has 2 heterocycles. The van der Waals surface area contributed by atoms with Gasteiger partial charge in [0.15, 0.2) is 10.0 Å². The number of nitrogens with zero attached hydrogens (tertiary/aromatic N) is 4. The number of amides is 1. The van der Waals surface area contributed by atoms with Crippen LogP contribution in [0.2, 0.25) is 0 Å². The van der Waals surface area contributed by atoms with Crippen molar-refractivity contribution in [2.75, 3.05) is 34.8 Å². The number of rotatable bonds is 11. The number of aromatic nitrogens is 4. The van der Waals surface area contributed by atoms with Gasteiger partial charge in [-0.25, -0.2) is 4.79 Å². The first kappa shape index (κ1) is 24.5. The van der Waals surface area contributed by atoms with Gasteiger partial charge in [0.2, 0.25) is 11.0 Å². The number of carbonyl (C=O) groups excluding carboxylic acids is 1. The van der Waals surface area contributed by atoms with Gasteiger partial charge in [-0.1, -0.05) is 66.8 Å². The van der Waals surface area contributed by atoms with Crippen LogP contribution in [0.15, 0.2) is 44.3 Å². The molecule has 176 valence electrons.